The molecule has 0 spiro atoms. The van der Waals surface area contributed by atoms with Crippen molar-refractivity contribution in [1.82, 2.24) is 10.6 Å². The molecule has 6 nitrogen and oxygen atoms in total. The van der Waals surface area contributed by atoms with Gasteiger partial charge >= 0.3 is 12.0 Å². The van der Waals surface area contributed by atoms with Crippen LogP contribution in [0.3, 0.4) is 0 Å². The van der Waals surface area contributed by atoms with Gasteiger partial charge in [-0.05, 0) is 19.3 Å². The first-order valence-electron chi connectivity index (χ1n) is 6.14. The zero-order valence-corrected chi connectivity index (χ0v) is 11.5. The van der Waals surface area contributed by atoms with Gasteiger partial charge in [0.2, 0.25) is 0 Å². The first-order valence-corrected chi connectivity index (χ1v) is 6.14. The molecule has 0 aromatic heterocycles. The molecule has 0 rings (SSSR count). The monoisotopic (exact) mass is 260 g/mol. The lowest BCUT2D eigenvalue weighted by Crippen LogP contribution is -2.42. The van der Waals surface area contributed by atoms with Gasteiger partial charge in [-0.1, -0.05) is 13.8 Å². The molecule has 0 aliphatic rings. The third-order valence-electron chi connectivity index (χ3n) is 2.57. The van der Waals surface area contributed by atoms with Crippen LogP contribution in [-0.2, 0) is 9.53 Å². The van der Waals surface area contributed by atoms with Crippen LogP contribution in [-0.4, -0.2) is 43.4 Å². The second kappa shape index (κ2) is 8.74. The number of rotatable bonds is 8. The fourth-order valence-electron chi connectivity index (χ4n) is 1.44. The van der Waals surface area contributed by atoms with Crippen molar-refractivity contribution in [3.63, 3.8) is 0 Å². The van der Waals surface area contributed by atoms with Gasteiger partial charge in [0.05, 0.1) is 12.0 Å². The van der Waals surface area contributed by atoms with Gasteiger partial charge in [-0.15, -0.1) is 0 Å². The molecule has 2 amide bonds. The van der Waals surface area contributed by atoms with E-state index in [1.165, 1.54) is 0 Å². The molecule has 106 valence electrons. The first-order chi connectivity index (χ1) is 8.36. The molecule has 0 saturated heterocycles. The number of carboxylic acid groups (broad SMARTS) is 1. The summed E-state index contributed by atoms with van der Waals surface area (Å²) >= 11 is 0. The Morgan fingerprint density at radius 2 is 1.72 bits per heavy atom. The van der Waals surface area contributed by atoms with Crippen LogP contribution in [0.2, 0.25) is 0 Å². The number of hydrogen-bond acceptors (Lipinski definition) is 3. The summed E-state index contributed by atoms with van der Waals surface area (Å²) in [6.07, 6.45) is 0.478. The van der Waals surface area contributed by atoms with Crippen molar-refractivity contribution >= 4 is 12.0 Å². The smallest absolute Gasteiger partial charge is 0.314 e. The highest BCUT2D eigenvalue weighted by atomic mass is 16.5. The molecule has 0 aromatic carbocycles. The van der Waals surface area contributed by atoms with E-state index in [9.17, 15) is 9.59 Å². The molecule has 2 atom stereocenters. The molecule has 2 unspecified atom stereocenters. The summed E-state index contributed by atoms with van der Waals surface area (Å²) in [4.78, 5) is 22.4. The van der Waals surface area contributed by atoms with E-state index in [2.05, 4.69) is 10.6 Å². The number of amides is 2. The van der Waals surface area contributed by atoms with Gasteiger partial charge in [0.15, 0.2) is 0 Å². The van der Waals surface area contributed by atoms with Crippen molar-refractivity contribution in [2.75, 3.05) is 20.2 Å². The van der Waals surface area contributed by atoms with E-state index in [0.29, 0.717) is 13.0 Å². The Morgan fingerprint density at radius 1 is 1.17 bits per heavy atom. The second-order valence-electron chi connectivity index (χ2n) is 4.80. The maximum absolute atomic E-state index is 11.4. The minimum Gasteiger partial charge on any atom is -0.481 e. The van der Waals surface area contributed by atoms with E-state index in [0.717, 1.165) is 0 Å². The van der Waals surface area contributed by atoms with Gasteiger partial charge in [0.1, 0.15) is 0 Å². The fourth-order valence-corrected chi connectivity index (χ4v) is 1.44. The minimum absolute atomic E-state index is 0.0679. The third-order valence-corrected chi connectivity index (χ3v) is 2.57. The highest BCUT2D eigenvalue weighted by molar-refractivity contribution is 5.75. The van der Waals surface area contributed by atoms with Crippen LogP contribution < -0.4 is 10.6 Å². The Morgan fingerprint density at radius 3 is 2.17 bits per heavy atom. The largest absolute Gasteiger partial charge is 0.481 e. The molecule has 0 radical (unpaired) electrons. The Hall–Kier alpha value is -1.30. The maximum Gasteiger partial charge on any atom is 0.314 e. The van der Waals surface area contributed by atoms with Gasteiger partial charge in [-0.25, -0.2) is 4.79 Å². The number of methoxy groups -OCH3 is 1. The highest BCUT2D eigenvalue weighted by Crippen LogP contribution is 2.10. The van der Waals surface area contributed by atoms with Crippen LogP contribution in [0, 0.1) is 11.8 Å². The molecular weight excluding hydrogens is 236 g/mol. The third kappa shape index (κ3) is 7.89. The summed E-state index contributed by atoms with van der Waals surface area (Å²) in [5, 5.41) is 14.2. The van der Waals surface area contributed by atoms with Crippen LogP contribution >= 0.6 is 0 Å². The molecule has 0 bridgehead atoms. The van der Waals surface area contributed by atoms with Crippen molar-refractivity contribution in [1.29, 1.82) is 0 Å². The van der Waals surface area contributed by atoms with Crippen molar-refractivity contribution in [3.05, 3.63) is 0 Å². The Kier molecular flexibility index (Phi) is 8.11. The van der Waals surface area contributed by atoms with Crippen LogP contribution in [0.4, 0.5) is 4.79 Å². The van der Waals surface area contributed by atoms with Gasteiger partial charge in [-0.3, -0.25) is 4.79 Å². The lowest BCUT2D eigenvalue weighted by Gasteiger charge is -2.16. The molecular formula is C12H24N2O4. The van der Waals surface area contributed by atoms with E-state index in [-0.39, 0.29) is 24.6 Å². The quantitative estimate of drug-likeness (QED) is 0.609. The molecule has 18 heavy (non-hydrogen) atoms. The average Bonchev–Trinajstić information content (AvgIpc) is 2.30. The fraction of sp³-hybridized carbons (Fsp3) is 0.833. The first kappa shape index (κ1) is 16.7. The predicted octanol–water partition coefficient (Wildman–Crippen LogP) is 1.07. The lowest BCUT2D eigenvalue weighted by molar-refractivity contribution is -0.142. The number of urea groups is 1. The summed E-state index contributed by atoms with van der Waals surface area (Å²) in [5.74, 6) is -1.14. The van der Waals surface area contributed by atoms with E-state index < -0.39 is 11.9 Å². The van der Waals surface area contributed by atoms with E-state index in [1.807, 2.05) is 20.8 Å². The predicted molar refractivity (Wildman–Crippen MR) is 68.5 cm³/mol. The molecule has 6 heteroatoms. The number of hydrogen-bond donors (Lipinski definition) is 3. The Bertz CT molecular complexity index is 269. The Labute approximate surface area is 108 Å². The van der Waals surface area contributed by atoms with Crippen LogP contribution in [0.1, 0.15) is 27.2 Å². The van der Waals surface area contributed by atoms with Crippen molar-refractivity contribution in [2.45, 2.75) is 33.3 Å². The van der Waals surface area contributed by atoms with Gasteiger partial charge in [0.25, 0.3) is 0 Å². The topological polar surface area (TPSA) is 87.7 Å². The molecule has 0 aliphatic heterocycles. The van der Waals surface area contributed by atoms with Crippen LogP contribution in [0.5, 0.6) is 0 Å². The summed E-state index contributed by atoms with van der Waals surface area (Å²) in [7, 11) is 1.56. The number of nitrogens with one attached hydrogen (secondary N) is 2. The summed E-state index contributed by atoms with van der Waals surface area (Å²) < 4.78 is 4.98. The number of carbonyl (C=O) groups excluding carboxylic acids is 1. The van der Waals surface area contributed by atoms with E-state index >= 15 is 0 Å². The van der Waals surface area contributed by atoms with Crippen LogP contribution in [0.15, 0.2) is 0 Å². The normalized spacial score (nSPS) is 14.1. The highest BCUT2D eigenvalue weighted by Gasteiger charge is 2.19. The summed E-state index contributed by atoms with van der Waals surface area (Å²) in [5.41, 5.74) is 0. The number of aliphatic carboxylic acids is 1. The lowest BCUT2D eigenvalue weighted by atomic mass is 9.97. The Balaban J connectivity index is 3.96. The van der Waals surface area contributed by atoms with E-state index in [4.69, 9.17) is 9.84 Å². The summed E-state index contributed by atoms with van der Waals surface area (Å²) in [6.45, 7) is 6.27. The van der Waals surface area contributed by atoms with Gasteiger partial charge in [-0.2, -0.15) is 0 Å². The average molecular weight is 260 g/mol. The summed E-state index contributed by atoms with van der Waals surface area (Å²) in [6, 6.07) is -0.367. The molecule has 0 saturated carbocycles. The molecule has 3 N–H and O–H groups in total. The van der Waals surface area contributed by atoms with Gasteiger partial charge in [0, 0.05) is 20.2 Å². The zero-order chi connectivity index (χ0) is 14.1. The van der Waals surface area contributed by atoms with Crippen molar-refractivity contribution in [2.24, 2.45) is 11.8 Å². The molecule has 0 fully saturated rings. The van der Waals surface area contributed by atoms with Crippen molar-refractivity contribution < 1.29 is 19.4 Å². The maximum atomic E-state index is 11.4. The minimum atomic E-state index is -0.880. The number of ether oxygens (including phenoxy) is 1. The molecule has 0 heterocycles. The second-order valence-corrected chi connectivity index (χ2v) is 4.80. The van der Waals surface area contributed by atoms with Gasteiger partial charge < -0.3 is 20.5 Å². The molecule has 0 aromatic rings. The molecule has 0 aliphatic carbocycles. The van der Waals surface area contributed by atoms with Crippen molar-refractivity contribution in [3.8, 4) is 0 Å². The SMILES string of the molecule is COC(C)CNC(=O)NCC(CC(C)C)C(=O)O. The zero-order valence-electron chi connectivity index (χ0n) is 11.5. The van der Waals surface area contributed by atoms with E-state index in [1.54, 1.807) is 7.11 Å². The van der Waals surface area contributed by atoms with Crippen LogP contribution in [0.25, 0.3) is 0 Å². The standard InChI is InChI=1S/C12H24N2O4/c1-8(2)5-10(11(15)16)7-14-12(17)13-6-9(3)18-4/h8-10H,5-7H2,1-4H3,(H,15,16)(H2,13,14,17). The number of carbonyl (C=O) groups is 2. The number of carboxylic acids is 1.